The van der Waals surface area contributed by atoms with Gasteiger partial charge in [-0.3, -0.25) is 9.69 Å². The normalized spacial score (nSPS) is 12.4. The maximum absolute atomic E-state index is 10.8. The molecule has 1 rings (SSSR count). The van der Waals surface area contributed by atoms with E-state index in [0.29, 0.717) is 18.8 Å². The van der Waals surface area contributed by atoms with Crippen molar-refractivity contribution < 1.29 is 19.7 Å². The highest BCUT2D eigenvalue weighted by molar-refractivity contribution is 5.69. The van der Waals surface area contributed by atoms with Crippen LogP contribution in [0.15, 0.2) is 24.3 Å². The van der Waals surface area contributed by atoms with Crippen LogP contribution in [0, 0.1) is 0 Å². The fourth-order valence-electron chi connectivity index (χ4n) is 1.94. The molecule has 2 N–H and O–H groups in total. The van der Waals surface area contributed by atoms with Crippen molar-refractivity contribution in [1.82, 2.24) is 4.90 Å². The topological polar surface area (TPSA) is 70.0 Å². The van der Waals surface area contributed by atoms with Crippen LogP contribution in [-0.4, -0.2) is 47.8 Å². The maximum atomic E-state index is 10.8. The second kappa shape index (κ2) is 7.76. The van der Waals surface area contributed by atoms with Crippen molar-refractivity contribution in [3.05, 3.63) is 29.8 Å². The molecule has 0 aliphatic carbocycles. The lowest BCUT2D eigenvalue weighted by molar-refractivity contribution is -0.138. The molecule has 0 radical (unpaired) electrons. The molecule has 0 bridgehead atoms. The summed E-state index contributed by atoms with van der Waals surface area (Å²) in [7, 11) is 1.57. The van der Waals surface area contributed by atoms with Gasteiger partial charge >= 0.3 is 5.97 Å². The highest BCUT2D eigenvalue weighted by Crippen LogP contribution is 2.19. The lowest BCUT2D eigenvalue weighted by atomic mass is 10.1. The molecular weight excluding hydrogens is 246 g/mol. The van der Waals surface area contributed by atoms with Gasteiger partial charge in [-0.1, -0.05) is 19.1 Å². The summed E-state index contributed by atoms with van der Waals surface area (Å²) in [6.45, 7) is 2.86. The fourth-order valence-corrected chi connectivity index (χ4v) is 1.94. The predicted molar refractivity (Wildman–Crippen MR) is 72.3 cm³/mol. The number of ether oxygens (including phenoxy) is 1. The molecule has 1 aromatic carbocycles. The summed E-state index contributed by atoms with van der Waals surface area (Å²) in [5, 5.41) is 19.0. The Labute approximate surface area is 113 Å². The van der Waals surface area contributed by atoms with Gasteiger partial charge in [-0.05, 0) is 30.7 Å². The van der Waals surface area contributed by atoms with Gasteiger partial charge in [0.15, 0.2) is 0 Å². The van der Waals surface area contributed by atoms with Crippen LogP contribution in [0.1, 0.15) is 25.0 Å². The highest BCUT2D eigenvalue weighted by Gasteiger charge is 2.15. The van der Waals surface area contributed by atoms with Crippen LogP contribution in [0.5, 0.6) is 5.75 Å². The second-order valence-corrected chi connectivity index (χ2v) is 4.42. The third-order valence-electron chi connectivity index (χ3n) is 2.81. The molecule has 1 unspecified atom stereocenters. The summed E-state index contributed by atoms with van der Waals surface area (Å²) < 4.78 is 5.10. The van der Waals surface area contributed by atoms with Crippen molar-refractivity contribution >= 4 is 5.97 Å². The summed E-state index contributed by atoms with van der Waals surface area (Å²) in [5.74, 6) is -0.205. The number of carboxylic acids is 1. The number of aliphatic hydroxyl groups excluding tert-OH is 1. The molecule has 0 fully saturated rings. The Balaban J connectivity index is 2.68. The van der Waals surface area contributed by atoms with Crippen LogP contribution in [-0.2, 0) is 4.79 Å². The molecule has 106 valence electrons. The number of methoxy groups -OCH3 is 1. The molecule has 0 amide bonds. The molecule has 0 heterocycles. The number of aliphatic hydroxyl groups is 1. The van der Waals surface area contributed by atoms with Crippen molar-refractivity contribution in [2.24, 2.45) is 0 Å². The van der Waals surface area contributed by atoms with E-state index in [9.17, 15) is 9.90 Å². The smallest absolute Gasteiger partial charge is 0.317 e. The monoisotopic (exact) mass is 267 g/mol. The van der Waals surface area contributed by atoms with Crippen molar-refractivity contribution in [2.45, 2.75) is 19.4 Å². The summed E-state index contributed by atoms with van der Waals surface area (Å²) in [6, 6.07) is 7.17. The van der Waals surface area contributed by atoms with E-state index in [1.807, 2.05) is 6.92 Å². The molecule has 0 aliphatic rings. The van der Waals surface area contributed by atoms with E-state index < -0.39 is 12.1 Å². The van der Waals surface area contributed by atoms with E-state index in [-0.39, 0.29) is 6.54 Å². The van der Waals surface area contributed by atoms with Gasteiger partial charge in [0.05, 0.1) is 19.8 Å². The van der Waals surface area contributed by atoms with Crippen LogP contribution in [0.3, 0.4) is 0 Å². The predicted octanol–water partition coefficient (Wildman–Crippen LogP) is 1.53. The molecule has 0 aromatic heterocycles. The van der Waals surface area contributed by atoms with Crippen LogP contribution < -0.4 is 4.74 Å². The summed E-state index contributed by atoms with van der Waals surface area (Å²) in [4.78, 5) is 12.5. The van der Waals surface area contributed by atoms with Crippen molar-refractivity contribution in [1.29, 1.82) is 0 Å². The zero-order chi connectivity index (χ0) is 14.3. The zero-order valence-electron chi connectivity index (χ0n) is 11.4. The molecule has 0 saturated carbocycles. The van der Waals surface area contributed by atoms with Crippen LogP contribution in [0.4, 0.5) is 0 Å². The molecular formula is C14H21NO4. The largest absolute Gasteiger partial charge is 0.497 e. The lowest BCUT2D eigenvalue weighted by Crippen LogP contribution is -2.34. The van der Waals surface area contributed by atoms with Gasteiger partial charge in [0.1, 0.15) is 5.75 Å². The van der Waals surface area contributed by atoms with E-state index in [2.05, 4.69) is 0 Å². The minimum absolute atomic E-state index is 0.0606. The summed E-state index contributed by atoms with van der Waals surface area (Å²) in [5.41, 5.74) is 0.728. The van der Waals surface area contributed by atoms with Gasteiger partial charge in [-0.25, -0.2) is 0 Å². The van der Waals surface area contributed by atoms with E-state index in [1.54, 1.807) is 36.3 Å². The Morgan fingerprint density at radius 2 is 2.21 bits per heavy atom. The van der Waals surface area contributed by atoms with E-state index in [4.69, 9.17) is 9.84 Å². The Bertz CT molecular complexity index is 408. The maximum Gasteiger partial charge on any atom is 0.317 e. The number of carboxylic acid groups (broad SMARTS) is 1. The van der Waals surface area contributed by atoms with Gasteiger partial charge in [-0.2, -0.15) is 0 Å². The van der Waals surface area contributed by atoms with Crippen LogP contribution in [0.2, 0.25) is 0 Å². The Hall–Kier alpha value is -1.59. The Morgan fingerprint density at radius 1 is 1.47 bits per heavy atom. The molecule has 1 atom stereocenters. The Morgan fingerprint density at radius 3 is 2.79 bits per heavy atom. The number of hydrogen-bond acceptors (Lipinski definition) is 4. The molecule has 5 nitrogen and oxygen atoms in total. The van der Waals surface area contributed by atoms with Gasteiger partial charge in [-0.15, -0.1) is 0 Å². The number of carbonyl (C=O) groups is 1. The first kappa shape index (κ1) is 15.5. The quantitative estimate of drug-likeness (QED) is 0.747. The van der Waals surface area contributed by atoms with Gasteiger partial charge < -0.3 is 14.9 Å². The first-order chi connectivity index (χ1) is 9.06. The third-order valence-corrected chi connectivity index (χ3v) is 2.81. The minimum Gasteiger partial charge on any atom is -0.497 e. The lowest BCUT2D eigenvalue weighted by Gasteiger charge is -2.23. The molecule has 0 saturated heterocycles. The SMILES string of the molecule is CCCN(CC(=O)O)CC(O)c1cccc(OC)c1. The summed E-state index contributed by atoms with van der Waals surface area (Å²) in [6.07, 6.45) is 0.124. The Kier molecular flexibility index (Phi) is 6.32. The van der Waals surface area contributed by atoms with Gasteiger partial charge in [0.2, 0.25) is 0 Å². The fraction of sp³-hybridized carbons (Fsp3) is 0.500. The minimum atomic E-state index is -0.883. The standard InChI is InChI=1S/C14H21NO4/c1-3-7-15(10-14(17)18)9-13(16)11-5-4-6-12(8-11)19-2/h4-6,8,13,16H,3,7,9-10H2,1-2H3,(H,17,18). The average molecular weight is 267 g/mol. The number of nitrogens with zero attached hydrogens (tertiary/aromatic N) is 1. The highest BCUT2D eigenvalue weighted by atomic mass is 16.5. The van der Waals surface area contributed by atoms with Crippen LogP contribution >= 0.6 is 0 Å². The average Bonchev–Trinajstić information content (AvgIpc) is 2.38. The number of rotatable bonds is 8. The van der Waals surface area contributed by atoms with Crippen molar-refractivity contribution in [2.75, 3.05) is 26.7 Å². The molecule has 0 aliphatic heterocycles. The number of aliphatic carboxylic acids is 1. The van der Waals surface area contributed by atoms with E-state index in [1.165, 1.54) is 0 Å². The third kappa shape index (κ3) is 5.28. The van der Waals surface area contributed by atoms with E-state index >= 15 is 0 Å². The number of hydrogen-bond donors (Lipinski definition) is 2. The second-order valence-electron chi connectivity index (χ2n) is 4.42. The zero-order valence-corrected chi connectivity index (χ0v) is 11.4. The van der Waals surface area contributed by atoms with E-state index in [0.717, 1.165) is 12.0 Å². The van der Waals surface area contributed by atoms with Crippen molar-refractivity contribution in [3.8, 4) is 5.75 Å². The number of benzene rings is 1. The molecule has 5 heteroatoms. The van der Waals surface area contributed by atoms with Gasteiger partial charge in [0.25, 0.3) is 0 Å². The summed E-state index contributed by atoms with van der Waals surface area (Å²) >= 11 is 0. The molecule has 1 aromatic rings. The first-order valence-electron chi connectivity index (χ1n) is 6.33. The first-order valence-corrected chi connectivity index (χ1v) is 6.33. The van der Waals surface area contributed by atoms with Gasteiger partial charge in [0, 0.05) is 6.54 Å². The molecule has 19 heavy (non-hydrogen) atoms. The molecule has 0 spiro atoms. The van der Waals surface area contributed by atoms with Crippen LogP contribution in [0.25, 0.3) is 0 Å². The van der Waals surface area contributed by atoms with Crippen molar-refractivity contribution in [3.63, 3.8) is 0 Å².